The van der Waals surface area contributed by atoms with E-state index in [1.807, 2.05) is 0 Å². The van der Waals surface area contributed by atoms with Crippen molar-refractivity contribution in [2.75, 3.05) is 19.8 Å². The molecule has 0 aliphatic carbocycles. The van der Waals surface area contributed by atoms with E-state index in [1.54, 1.807) is 0 Å². The van der Waals surface area contributed by atoms with Gasteiger partial charge in [-0.1, -0.05) is 52.0 Å². The Kier molecular flexibility index (Phi) is 5.17. The number of ether oxygens (including phenoxy) is 1. The third-order valence-corrected chi connectivity index (χ3v) is 4.16. The summed E-state index contributed by atoms with van der Waals surface area (Å²) in [4.78, 5) is 12.5. The molecule has 1 saturated heterocycles. The van der Waals surface area contributed by atoms with Crippen molar-refractivity contribution in [2.45, 2.75) is 45.6 Å². The van der Waals surface area contributed by atoms with Gasteiger partial charge in [-0.15, -0.1) is 0 Å². The molecule has 1 aromatic rings. The summed E-state index contributed by atoms with van der Waals surface area (Å²) in [7, 11) is 0. The number of carbonyl (C=O) groups is 1. The van der Waals surface area contributed by atoms with Crippen molar-refractivity contribution in [3.8, 4) is 0 Å². The molecular formula is C18H27NO2. The van der Waals surface area contributed by atoms with Gasteiger partial charge < -0.3 is 10.1 Å². The monoisotopic (exact) mass is 289 g/mol. The number of ketones is 1. The summed E-state index contributed by atoms with van der Waals surface area (Å²) >= 11 is 0. The molecule has 0 bridgehead atoms. The van der Waals surface area contributed by atoms with Crippen LogP contribution < -0.4 is 5.32 Å². The van der Waals surface area contributed by atoms with Crippen LogP contribution in [0.2, 0.25) is 0 Å². The fourth-order valence-corrected chi connectivity index (χ4v) is 2.79. The molecule has 21 heavy (non-hydrogen) atoms. The van der Waals surface area contributed by atoms with Crippen molar-refractivity contribution in [1.29, 1.82) is 0 Å². The molecule has 0 saturated carbocycles. The molecule has 3 heteroatoms. The Bertz CT molecular complexity index is 473. The van der Waals surface area contributed by atoms with E-state index in [1.165, 1.54) is 5.56 Å². The minimum atomic E-state index is -0.00718. The first-order valence-electron chi connectivity index (χ1n) is 7.85. The molecule has 1 aliphatic rings. The Morgan fingerprint density at radius 1 is 1.24 bits per heavy atom. The lowest BCUT2D eigenvalue weighted by Gasteiger charge is -2.20. The first kappa shape index (κ1) is 16.2. The lowest BCUT2D eigenvalue weighted by atomic mass is 9.86. The normalized spacial score (nSPS) is 22.5. The van der Waals surface area contributed by atoms with Crippen molar-refractivity contribution in [3.05, 3.63) is 35.4 Å². The van der Waals surface area contributed by atoms with Crippen LogP contribution in [0.3, 0.4) is 0 Å². The average Bonchev–Trinajstić information content (AvgIpc) is 2.87. The summed E-state index contributed by atoms with van der Waals surface area (Å²) in [6.07, 6.45) is 0.500. The summed E-state index contributed by atoms with van der Waals surface area (Å²) in [5.74, 6) is 0.272. The molecule has 1 N–H and O–H groups in total. The Morgan fingerprint density at radius 3 is 2.48 bits per heavy atom. The molecule has 2 rings (SSSR count). The zero-order valence-corrected chi connectivity index (χ0v) is 13.6. The van der Waals surface area contributed by atoms with Gasteiger partial charge in [0, 0.05) is 12.5 Å². The highest BCUT2D eigenvalue weighted by molar-refractivity contribution is 5.84. The molecule has 2 atom stereocenters. The molecule has 1 aromatic carbocycles. The van der Waals surface area contributed by atoms with Crippen molar-refractivity contribution < 1.29 is 9.53 Å². The van der Waals surface area contributed by atoms with Gasteiger partial charge in [-0.05, 0) is 23.1 Å². The highest BCUT2D eigenvalue weighted by Crippen LogP contribution is 2.23. The van der Waals surface area contributed by atoms with Crippen LogP contribution in [0.25, 0.3) is 0 Å². The second kappa shape index (κ2) is 6.71. The van der Waals surface area contributed by atoms with Gasteiger partial charge in [-0.3, -0.25) is 4.79 Å². The van der Waals surface area contributed by atoms with E-state index < -0.39 is 0 Å². The molecule has 0 amide bonds. The third kappa shape index (κ3) is 4.14. The maximum atomic E-state index is 12.5. The Labute approximate surface area is 128 Å². The van der Waals surface area contributed by atoms with Crippen molar-refractivity contribution in [1.82, 2.24) is 5.32 Å². The number of hydrogen-bond acceptors (Lipinski definition) is 3. The standard InChI is InChI=1S/C18H27NO2/c1-5-19-16-12-21-11-15(16)17(20)10-13-6-8-14(9-7-13)18(2,3)4/h6-9,15-16,19H,5,10-12H2,1-4H3. The first-order valence-corrected chi connectivity index (χ1v) is 7.85. The van der Waals surface area contributed by atoms with E-state index in [0.29, 0.717) is 19.6 Å². The molecule has 1 heterocycles. The van der Waals surface area contributed by atoms with Crippen LogP contribution in [0.1, 0.15) is 38.8 Å². The number of rotatable bonds is 5. The minimum absolute atomic E-state index is 0.00718. The highest BCUT2D eigenvalue weighted by atomic mass is 16.5. The second-order valence-corrected chi connectivity index (χ2v) is 6.90. The zero-order chi connectivity index (χ0) is 15.5. The maximum absolute atomic E-state index is 12.5. The van der Waals surface area contributed by atoms with Gasteiger partial charge in [0.15, 0.2) is 0 Å². The second-order valence-electron chi connectivity index (χ2n) is 6.90. The van der Waals surface area contributed by atoms with E-state index in [0.717, 1.165) is 12.1 Å². The SMILES string of the molecule is CCNC1COCC1C(=O)Cc1ccc(C(C)(C)C)cc1. The van der Waals surface area contributed by atoms with E-state index >= 15 is 0 Å². The van der Waals surface area contributed by atoms with Crippen LogP contribution in [0, 0.1) is 5.92 Å². The Balaban J connectivity index is 1.99. The molecule has 3 nitrogen and oxygen atoms in total. The Morgan fingerprint density at radius 2 is 1.90 bits per heavy atom. The fourth-order valence-electron chi connectivity index (χ4n) is 2.79. The predicted molar refractivity (Wildman–Crippen MR) is 85.6 cm³/mol. The number of likely N-dealkylation sites (N-methyl/N-ethyl adjacent to an activating group) is 1. The molecule has 116 valence electrons. The molecule has 0 radical (unpaired) electrons. The van der Waals surface area contributed by atoms with Crippen LogP contribution in [-0.4, -0.2) is 31.6 Å². The summed E-state index contributed by atoms with van der Waals surface area (Å²) in [6, 6.07) is 8.61. The topological polar surface area (TPSA) is 38.3 Å². The summed E-state index contributed by atoms with van der Waals surface area (Å²) in [6.45, 7) is 10.7. The summed E-state index contributed by atoms with van der Waals surface area (Å²) in [5, 5.41) is 3.34. The number of hydrogen-bond donors (Lipinski definition) is 1. The van der Waals surface area contributed by atoms with Crippen molar-refractivity contribution in [3.63, 3.8) is 0 Å². The van der Waals surface area contributed by atoms with Crippen LogP contribution in [0.15, 0.2) is 24.3 Å². The minimum Gasteiger partial charge on any atom is -0.379 e. The number of benzene rings is 1. The van der Waals surface area contributed by atoms with Crippen molar-refractivity contribution >= 4 is 5.78 Å². The molecule has 2 unspecified atom stereocenters. The van der Waals surface area contributed by atoms with E-state index in [2.05, 4.69) is 57.3 Å². The summed E-state index contributed by atoms with van der Waals surface area (Å²) in [5.41, 5.74) is 2.54. The average molecular weight is 289 g/mol. The van der Waals surface area contributed by atoms with Crippen molar-refractivity contribution in [2.24, 2.45) is 5.92 Å². The van der Waals surface area contributed by atoms with Gasteiger partial charge >= 0.3 is 0 Å². The molecule has 0 spiro atoms. The maximum Gasteiger partial charge on any atom is 0.144 e. The fraction of sp³-hybridized carbons (Fsp3) is 0.611. The van der Waals surface area contributed by atoms with Gasteiger partial charge in [-0.2, -0.15) is 0 Å². The van der Waals surface area contributed by atoms with Crippen LogP contribution in [0.5, 0.6) is 0 Å². The van der Waals surface area contributed by atoms with Gasteiger partial charge in [-0.25, -0.2) is 0 Å². The van der Waals surface area contributed by atoms with Gasteiger partial charge in [0.2, 0.25) is 0 Å². The number of carbonyl (C=O) groups excluding carboxylic acids is 1. The van der Waals surface area contributed by atoms with E-state index in [4.69, 9.17) is 4.74 Å². The zero-order valence-electron chi connectivity index (χ0n) is 13.6. The third-order valence-electron chi connectivity index (χ3n) is 4.16. The summed E-state index contributed by atoms with van der Waals surface area (Å²) < 4.78 is 5.46. The quantitative estimate of drug-likeness (QED) is 0.906. The van der Waals surface area contributed by atoms with Crippen LogP contribution >= 0.6 is 0 Å². The molecular weight excluding hydrogens is 262 g/mol. The van der Waals surface area contributed by atoms with Gasteiger partial charge in [0.1, 0.15) is 5.78 Å². The first-order chi connectivity index (χ1) is 9.91. The smallest absolute Gasteiger partial charge is 0.144 e. The van der Waals surface area contributed by atoms with Gasteiger partial charge in [0.05, 0.1) is 19.1 Å². The Hall–Kier alpha value is -1.19. The largest absolute Gasteiger partial charge is 0.379 e. The van der Waals surface area contributed by atoms with Crippen LogP contribution in [-0.2, 0) is 21.4 Å². The number of nitrogens with one attached hydrogen (secondary N) is 1. The van der Waals surface area contributed by atoms with E-state index in [-0.39, 0.29) is 23.2 Å². The van der Waals surface area contributed by atoms with Crippen LogP contribution in [0.4, 0.5) is 0 Å². The molecule has 0 aromatic heterocycles. The molecule has 1 aliphatic heterocycles. The molecule has 1 fully saturated rings. The lowest BCUT2D eigenvalue weighted by Crippen LogP contribution is -2.39. The lowest BCUT2D eigenvalue weighted by molar-refractivity contribution is -0.122. The highest BCUT2D eigenvalue weighted by Gasteiger charge is 2.32. The van der Waals surface area contributed by atoms with Gasteiger partial charge in [0.25, 0.3) is 0 Å². The number of Topliss-reactive ketones (excluding diaryl/α,β-unsaturated/α-hetero) is 1. The van der Waals surface area contributed by atoms with E-state index in [9.17, 15) is 4.79 Å². The predicted octanol–water partition coefficient (Wildman–Crippen LogP) is 2.72.